The smallest absolute Gasteiger partial charge is 0.328 e. The number of nitrogens with two attached hydrogens (primary N) is 1. The lowest BCUT2D eigenvalue weighted by atomic mass is 10.0. The van der Waals surface area contributed by atoms with Crippen molar-refractivity contribution >= 4 is 11.9 Å². The highest BCUT2D eigenvalue weighted by molar-refractivity contribution is 5.40. The highest BCUT2D eigenvalue weighted by atomic mass is 16.5. The third kappa shape index (κ3) is 3.59. The van der Waals surface area contributed by atoms with Gasteiger partial charge in [-0.25, -0.2) is 0 Å². The number of ether oxygens (including phenoxy) is 1. The molecule has 0 aliphatic heterocycles. The molecule has 1 aromatic heterocycles. The number of hydrogen-bond acceptors (Lipinski definition) is 6. The van der Waals surface area contributed by atoms with Crippen LogP contribution in [0.3, 0.4) is 0 Å². The second kappa shape index (κ2) is 5.95. The molecule has 0 aliphatic rings. The lowest BCUT2D eigenvalue weighted by molar-refractivity contribution is 0.437. The van der Waals surface area contributed by atoms with E-state index in [4.69, 9.17) is 10.5 Å². The summed E-state index contributed by atoms with van der Waals surface area (Å²) >= 11 is 0. The van der Waals surface area contributed by atoms with Gasteiger partial charge in [-0.1, -0.05) is 26.0 Å². The minimum absolute atomic E-state index is 0.140. The Morgan fingerprint density at radius 1 is 1.14 bits per heavy atom. The third-order valence-corrected chi connectivity index (χ3v) is 3.10. The van der Waals surface area contributed by atoms with Crippen LogP contribution in [0.5, 0.6) is 11.8 Å². The Hall–Kier alpha value is -2.37. The van der Waals surface area contributed by atoms with Crippen LogP contribution in [0.25, 0.3) is 0 Å². The summed E-state index contributed by atoms with van der Waals surface area (Å²) in [6.07, 6.45) is 0. The van der Waals surface area contributed by atoms with Gasteiger partial charge in [-0.3, -0.25) is 0 Å². The number of benzene rings is 1. The molecule has 0 unspecified atom stereocenters. The molecule has 112 valence electrons. The molecule has 0 saturated carbocycles. The van der Waals surface area contributed by atoms with Crippen molar-refractivity contribution in [2.45, 2.75) is 26.7 Å². The Balaban J connectivity index is 2.35. The highest BCUT2D eigenvalue weighted by Gasteiger charge is 2.11. The molecule has 6 nitrogen and oxygen atoms in total. The van der Waals surface area contributed by atoms with Gasteiger partial charge in [0.25, 0.3) is 0 Å². The van der Waals surface area contributed by atoms with E-state index in [0.717, 1.165) is 11.3 Å². The van der Waals surface area contributed by atoms with Crippen LogP contribution in [-0.4, -0.2) is 29.0 Å². The lowest BCUT2D eigenvalue weighted by Crippen LogP contribution is -2.15. The summed E-state index contributed by atoms with van der Waals surface area (Å²) in [5.41, 5.74) is 7.92. The molecular weight excluding hydrogens is 266 g/mol. The van der Waals surface area contributed by atoms with Crippen molar-refractivity contribution in [3.63, 3.8) is 0 Å². The van der Waals surface area contributed by atoms with E-state index in [1.807, 2.05) is 33.2 Å². The highest BCUT2D eigenvalue weighted by Crippen LogP contribution is 2.27. The van der Waals surface area contributed by atoms with Crippen molar-refractivity contribution in [2.75, 3.05) is 24.7 Å². The summed E-state index contributed by atoms with van der Waals surface area (Å²) < 4.78 is 5.80. The Labute approximate surface area is 125 Å². The van der Waals surface area contributed by atoms with Crippen LogP contribution in [0.4, 0.5) is 11.9 Å². The summed E-state index contributed by atoms with van der Waals surface area (Å²) in [6.45, 7) is 6.26. The van der Waals surface area contributed by atoms with Gasteiger partial charge >= 0.3 is 6.01 Å². The molecular formula is C15H21N5O. The molecule has 1 heterocycles. The SMILES string of the molecule is Cc1ccc(C(C)C)cc1Oc1nc(N)nc(N(C)C)n1. The van der Waals surface area contributed by atoms with Gasteiger partial charge < -0.3 is 15.4 Å². The van der Waals surface area contributed by atoms with Crippen LogP contribution in [0.2, 0.25) is 0 Å². The van der Waals surface area contributed by atoms with Crippen molar-refractivity contribution in [3.8, 4) is 11.8 Å². The number of nitrogen functional groups attached to an aromatic ring is 1. The lowest BCUT2D eigenvalue weighted by Gasteiger charge is -2.14. The van der Waals surface area contributed by atoms with Gasteiger partial charge in [0, 0.05) is 14.1 Å². The maximum Gasteiger partial charge on any atom is 0.328 e. The molecule has 0 radical (unpaired) electrons. The Morgan fingerprint density at radius 2 is 1.86 bits per heavy atom. The van der Waals surface area contributed by atoms with Crippen molar-refractivity contribution < 1.29 is 4.74 Å². The summed E-state index contributed by atoms with van der Waals surface area (Å²) in [4.78, 5) is 14.1. The summed E-state index contributed by atoms with van der Waals surface area (Å²) in [5.74, 6) is 1.77. The van der Waals surface area contributed by atoms with E-state index in [2.05, 4.69) is 34.9 Å². The molecule has 0 amide bonds. The average Bonchev–Trinajstić information content (AvgIpc) is 2.40. The van der Waals surface area contributed by atoms with Crippen LogP contribution in [0, 0.1) is 6.92 Å². The molecule has 0 fully saturated rings. The topological polar surface area (TPSA) is 77.2 Å². The zero-order valence-electron chi connectivity index (χ0n) is 13.1. The van der Waals surface area contributed by atoms with Gasteiger partial charge in [-0.2, -0.15) is 15.0 Å². The Bertz CT molecular complexity index is 640. The minimum Gasteiger partial charge on any atom is -0.424 e. The van der Waals surface area contributed by atoms with E-state index in [9.17, 15) is 0 Å². The third-order valence-electron chi connectivity index (χ3n) is 3.10. The second-order valence-corrected chi connectivity index (χ2v) is 5.45. The van der Waals surface area contributed by atoms with Crippen LogP contribution >= 0.6 is 0 Å². The molecule has 0 atom stereocenters. The number of nitrogens with zero attached hydrogens (tertiary/aromatic N) is 4. The Kier molecular flexibility index (Phi) is 4.26. The van der Waals surface area contributed by atoms with Crippen LogP contribution in [0.15, 0.2) is 18.2 Å². The van der Waals surface area contributed by atoms with E-state index < -0.39 is 0 Å². The molecule has 2 N–H and O–H groups in total. The molecule has 0 saturated heterocycles. The van der Waals surface area contributed by atoms with E-state index in [1.165, 1.54) is 5.56 Å². The van der Waals surface area contributed by atoms with Crippen molar-refractivity contribution in [2.24, 2.45) is 0 Å². The predicted molar refractivity (Wildman–Crippen MR) is 83.9 cm³/mol. The molecule has 6 heteroatoms. The monoisotopic (exact) mass is 287 g/mol. The molecule has 21 heavy (non-hydrogen) atoms. The first-order valence-corrected chi connectivity index (χ1v) is 6.84. The fourth-order valence-corrected chi connectivity index (χ4v) is 1.79. The quantitative estimate of drug-likeness (QED) is 0.931. The van der Waals surface area contributed by atoms with Gasteiger partial charge in [0.1, 0.15) is 5.75 Å². The summed E-state index contributed by atoms with van der Waals surface area (Å²) in [7, 11) is 3.67. The first-order chi connectivity index (χ1) is 9.86. The first kappa shape index (κ1) is 15.0. The Morgan fingerprint density at radius 3 is 2.48 bits per heavy atom. The normalized spacial score (nSPS) is 10.8. The van der Waals surface area contributed by atoms with Crippen LogP contribution < -0.4 is 15.4 Å². The van der Waals surface area contributed by atoms with Gasteiger partial charge in [-0.15, -0.1) is 0 Å². The minimum atomic E-state index is 0.140. The molecule has 0 bridgehead atoms. The van der Waals surface area contributed by atoms with Crippen molar-refractivity contribution in [3.05, 3.63) is 29.3 Å². The van der Waals surface area contributed by atoms with Gasteiger partial charge in [0.2, 0.25) is 11.9 Å². The van der Waals surface area contributed by atoms with E-state index in [-0.39, 0.29) is 12.0 Å². The van der Waals surface area contributed by atoms with Crippen molar-refractivity contribution in [1.29, 1.82) is 0 Å². The van der Waals surface area contributed by atoms with Gasteiger partial charge in [0.05, 0.1) is 0 Å². The molecule has 2 rings (SSSR count). The second-order valence-electron chi connectivity index (χ2n) is 5.45. The maximum absolute atomic E-state index is 5.80. The zero-order valence-corrected chi connectivity index (χ0v) is 13.1. The molecule has 0 aliphatic carbocycles. The average molecular weight is 287 g/mol. The predicted octanol–water partition coefficient (Wildman–Crippen LogP) is 2.74. The molecule has 0 spiro atoms. The molecule has 2 aromatic rings. The van der Waals surface area contributed by atoms with Gasteiger partial charge in [-0.05, 0) is 30.0 Å². The summed E-state index contributed by atoms with van der Waals surface area (Å²) in [6, 6.07) is 6.34. The van der Waals surface area contributed by atoms with Crippen LogP contribution in [-0.2, 0) is 0 Å². The van der Waals surface area contributed by atoms with E-state index >= 15 is 0 Å². The van der Waals surface area contributed by atoms with Crippen LogP contribution in [0.1, 0.15) is 30.9 Å². The maximum atomic E-state index is 5.80. The van der Waals surface area contributed by atoms with Gasteiger partial charge in [0.15, 0.2) is 0 Å². The number of hydrogen-bond donors (Lipinski definition) is 1. The first-order valence-electron chi connectivity index (χ1n) is 6.84. The largest absolute Gasteiger partial charge is 0.424 e. The fourth-order valence-electron chi connectivity index (χ4n) is 1.79. The number of aryl methyl sites for hydroxylation is 1. The number of aromatic nitrogens is 3. The molecule has 1 aromatic carbocycles. The zero-order chi connectivity index (χ0) is 15.6. The van der Waals surface area contributed by atoms with E-state index in [1.54, 1.807) is 4.90 Å². The number of rotatable bonds is 4. The standard InChI is InChI=1S/C15H21N5O/c1-9(2)11-7-6-10(3)12(8-11)21-15-18-13(16)17-14(19-15)20(4)5/h6-9H,1-5H3,(H2,16,17,18,19). The summed E-state index contributed by atoms with van der Waals surface area (Å²) in [5, 5.41) is 0. The van der Waals surface area contributed by atoms with E-state index in [0.29, 0.717) is 11.9 Å². The number of anilines is 2. The fraction of sp³-hybridized carbons (Fsp3) is 0.400. The van der Waals surface area contributed by atoms with Crippen molar-refractivity contribution in [1.82, 2.24) is 15.0 Å².